The summed E-state index contributed by atoms with van der Waals surface area (Å²) in [6.07, 6.45) is 5.45. The second-order valence-corrected chi connectivity index (χ2v) is 4.44. The summed E-state index contributed by atoms with van der Waals surface area (Å²) in [5.74, 6) is 0.812. The summed E-state index contributed by atoms with van der Waals surface area (Å²) in [7, 11) is 4.68. The fourth-order valence-electron chi connectivity index (χ4n) is 2.12. The molecule has 0 aliphatic rings. The SMILES string of the molecule is CNc1ncccc1/C=C/c1cccc(OC)c1C(=O)OC. The average molecular weight is 298 g/mol. The van der Waals surface area contributed by atoms with E-state index in [2.05, 4.69) is 10.3 Å². The molecule has 2 rings (SSSR count). The van der Waals surface area contributed by atoms with E-state index in [4.69, 9.17) is 9.47 Å². The molecular weight excluding hydrogens is 280 g/mol. The molecule has 1 aromatic carbocycles. The van der Waals surface area contributed by atoms with Crippen molar-refractivity contribution in [1.29, 1.82) is 0 Å². The predicted octanol–water partition coefficient (Wildman–Crippen LogP) is 3.09. The molecule has 0 radical (unpaired) electrons. The molecule has 1 aromatic heterocycles. The summed E-state index contributed by atoms with van der Waals surface area (Å²) < 4.78 is 10.1. The molecule has 0 aliphatic carbocycles. The Kier molecular flexibility index (Phi) is 5.14. The molecule has 0 saturated carbocycles. The van der Waals surface area contributed by atoms with Gasteiger partial charge in [0.25, 0.3) is 0 Å². The van der Waals surface area contributed by atoms with E-state index < -0.39 is 5.97 Å². The summed E-state index contributed by atoms with van der Waals surface area (Å²) in [4.78, 5) is 16.2. The topological polar surface area (TPSA) is 60.5 Å². The summed E-state index contributed by atoms with van der Waals surface area (Å²) in [5, 5.41) is 3.02. The first-order chi connectivity index (χ1) is 10.7. The Morgan fingerprint density at radius 1 is 1.14 bits per heavy atom. The van der Waals surface area contributed by atoms with Gasteiger partial charge < -0.3 is 14.8 Å². The normalized spacial score (nSPS) is 10.5. The molecule has 0 fully saturated rings. The molecule has 0 unspecified atom stereocenters. The lowest BCUT2D eigenvalue weighted by Gasteiger charge is -2.10. The standard InChI is InChI=1S/C17H18N2O3/c1-18-16-13(7-5-11-19-16)10-9-12-6-4-8-14(21-2)15(12)17(20)22-3/h4-11H,1-3H3,(H,18,19)/b10-9+. The van der Waals surface area contributed by atoms with Crippen LogP contribution in [0, 0.1) is 0 Å². The zero-order chi connectivity index (χ0) is 15.9. The molecule has 0 amide bonds. The van der Waals surface area contributed by atoms with Crippen LogP contribution in [0.3, 0.4) is 0 Å². The quantitative estimate of drug-likeness (QED) is 0.860. The first-order valence-corrected chi connectivity index (χ1v) is 6.77. The van der Waals surface area contributed by atoms with Gasteiger partial charge in [-0.05, 0) is 23.8 Å². The van der Waals surface area contributed by atoms with Gasteiger partial charge in [-0.3, -0.25) is 0 Å². The molecule has 5 nitrogen and oxygen atoms in total. The number of pyridine rings is 1. The molecule has 0 aliphatic heterocycles. The molecule has 2 aromatic rings. The number of anilines is 1. The number of carbonyl (C=O) groups excluding carboxylic acids is 1. The second kappa shape index (κ2) is 7.26. The van der Waals surface area contributed by atoms with Crippen molar-refractivity contribution in [2.45, 2.75) is 0 Å². The minimum absolute atomic E-state index is 0.402. The van der Waals surface area contributed by atoms with Crippen LogP contribution in [0.1, 0.15) is 21.5 Å². The van der Waals surface area contributed by atoms with Crippen LogP contribution in [0.5, 0.6) is 5.75 Å². The minimum atomic E-state index is -0.433. The number of nitrogens with one attached hydrogen (secondary N) is 1. The minimum Gasteiger partial charge on any atom is -0.496 e. The lowest BCUT2D eigenvalue weighted by Crippen LogP contribution is -2.06. The number of esters is 1. The lowest BCUT2D eigenvalue weighted by molar-refractivity contribution is 0.0597. The number of aromatic nitrogens is 1. The van der Waals surface area contributed by atoms with E-state index in [1.807, 2.05) is 43.5 Å². The number of rotatable bonds is 5. The summed E-state index contributed by atoms with van der Waals surface area (Å²) in [5.41, 5.74) is 2.04. The van der Waals surface area contributed by atoms with Gasteiger partial charge in [-0.25, -0.2) is 9.78 Å². The van der Waals surface area contributed by atoms with Crippen molar-refractivity contribution in [3.8, 4) is 5.75 Å². The Bertz CT molecular complexity index is 696. The van der Waals surface area contributed by atoms with E-state index >= 15 is 0 Å². The monoisotopic (exact) mass is 298 g/mol. The van der Waals surface area contributed by atoms with E-state index in [-0.39, 0.29) is 0 Å². The molecule has 0 spiro atoms. The highest BCUT2D eigenvalue weighted by Gasteiger charge is 2.16. The van der Waals surface area contributed by atoms with Crippen LogP contribution in [0.15, 0.2) is 36.5 Å². The Balaban J connectivity index is 2.45. The first-order valence-electron chi connectivity index (χ1n) is 6.77. The van der Waals surface area contributed by atoms with Crippen molar-refractivity contribution in [1.82, 2.24) is 4.98 Å². The maximum atomic E-state index is 12.0. The largest absolute Gasteiger partial charge is 0.496 e. The number of ether oxygens (including phenoxy) is 2. The van der Waals surface area contributed by atoms with E-state index in [0.29, 0.717) is 11.3 Å². The number of hydrogen-bond acceptors (Lipinski definition) is 5. The van der Waals surface area contributed by atoms with Crippen molar-refractivity contribution in [2.75, 3.05) is 26.6 Å². The van der Waals surface area contributed by atoms with Crippen LogP contribution < -0.4 is 10.1 Å². The molecule has 0 bridgehead atoms. The van der Waals surface area contributed by atoms with Crippen molar-refractivity contribution >= 4 is 23.9 Å². The van der Waals surface area contributed by atoms with Gasteiger partial charge in [-0.1, -0.05) is 24.3 Å². The zero-order valence-electron chi connectivity index (χ0n) is 12.8. The maximum absolute atomic E-state index is 12.0. The molecule has 5 heteroatoms. The molecule has 1 heterocycles. The van der Waals surface area contributed by atoms with Crippen LogP contribution in [-0.2, 0) is 4.74 Å². The van der Waals surface area contributed by atoms with Gasteiger partial charge >= 0.3 is 5.97 Å². The van der Waals surface area contributed by atoms with Gasteiger partial charge in [0.2, 0.25) is 0 Å². The summed E-state index contributed by atoms with van der Waals surface area (Å²) >= 11 is 0. The van der Waals surface area contributed by atoms with Crippen molar-refractivity contribution in [3.63, 3.8) is 0 Å². The highest BCUT2D eigenvalue weighted by atomic mass is 16.5. The molecule has 0 atom stereocenters. The third kappa shape index (κ3) is 3.25. The van der Waals surface area contributed by atoms with Crippen molar-refractivity contribution in [2.24, 2.45) is 0 Å². The molecule has 114 valence electrons. The lowest BCUT2D eigenvalue weighted by atomic mass is 10.0. The fourth-order valence-corrected chi connectivity index (χ4v) is 2.12. The van der Waals surface area contributed by atoms with Crippen molar-refractivity contribution in [3.05, 3.63) is 53.2 Å². The fraction of sp³-hybridized carbons (Fsp3) is 0.176. The number of nitrogens with zero attached hydrogens (tertiary/aromatic N) is 1. The van der Waals surface area contributed by atoms with Crippen LogP contribution in [0.25, 0.3) is 12.2 Å². The van der Waals surface area contributed by atoms with E-state index in [1.54, 1.807) is 12.3 Å². The van der Waals surface area contributed by atoms with Gasteiger partial charge in [-0.2, -0.15) is 0 Å². The van der Waals surface area contributed by atoms with Gasteiger partial charge in [0.15, 0.2) is 0 Å². The highest BCUT2D eigenvalue weighted by molar-refractivity contribution is 5.97. The van der Waals surface area contributed by atoms with Crippen LogP contribution in [0.4, 0.5) is 5.82 Å². The van der Waals surface area contributed by atoms with Gasteiger partial charge in [0, 0.05) is 18.8 Å². The van der Waals surface area contributed by atoms with Crippen LogP contribution >= 0.6 is 0 Å². The van der Waals surface area contributed by atoms with Gasteiger partial charge in [0.1, 0.15) is 17.1 Å². The summed E-state index contributed by atoms with van der Waals surface area (Å²) in [6.45, 7) is 0. The van der Waals surface area contributed by atoms with Crippen LogP contribution in [0.2, 0.25) is 0 Å². The number of methoxy groups -OCH3 is 2. The number of benzene rings is 1. The smallest absolute Gasteiger partial charge is 0.342 e. The highest BCUT2D eigenvalue weighted by Crippen LogP contribution is 2.25. The zero-order valence-corrected chi connectivity index (χ0v) is 12.8. The van der Waals surface area contributed by atoms with Crippen LogP contribution in [-0.4, -0.2) is 32.2 Å². The Labute approximate surface area is 129 Å². The van der Waals surface area contributed by atoms with E-state index in [9.17, 15) is 4.79 Å². The third-order valence-electron chi connectivity index (χ3n) is 3.19. The third-order valence-corrected chi connectivity index (χ3v) is 3.19. The van der Waals surface area contributed by atoms with E-state index in [0.717, 1.165) is 16.9 Å². The predicted molar refractivity (Wildman–Crippen MR) is 87.0 cm³/mol. The van der Waals surface area contributed by atoms with E-state index in [1.165, 1.54) is 14.2 Å². The number of hydrogen-bond donors (Lipinski definition) is 1. The molecule has 22 heavy (non-hydrogen) atoms. The Morgan fingerprint density at radius 2 is 1.86 bits per heavy atom. The molecule has 0 saturated heterocycles. The molecule has 1 N–H and O–H groups in total. The summed E-state index contributed by atoms with van der Waals surface area (Å²) in [6, 6.07) is 9.18. The molecular formula is C17H18N2O3. The van der Waals surface area contributed by atoms with Gasteiger partial charge in [-0.15, -0.1) is 0 Å². The second-order valence-electron chi connectivity index (χ2n) is 4.44. The van der Waals surface area contributed by atoms with Crippen molar-refractivity contribution < 1.29 is 14.3 Å². The van der Waals surface area contributed by atoms with Gasteiger partial charge in [0.05, 0.1) is 14.2 Å². The average Bonchev–Trinajstić information content (AvgIpc) is 2.58. The number of carbonyl (C=O) groups is 1. The first kappa shape index (κ1) is 15.6. The Morgan fingerprint density at radius 3 is 2.55 bits per heavy atom. The Hall–Kier alpha value is -2.82. The maximum Gasteiger partial charge on any atom is 0.342 e.